The molecule has 0 spiro atoms. The van der Waals surface area contributed by atoms with Crippen molar-refractivity contribution < 1.29 is 9.90 Å². The van der Waals surface area contributed by atoms with Gasteiger partial charge in [0.15, 0.2) is 0 Å². The van der Waals surface area contributed by atoms with Gasteiger partial charge in [-0.05, 0) is 36.8 Å². The van der Waals surface area contributed by atoms with E-state index in [4.69, 9.17) is 16.7 Å². The summed E-state index contributed by atoms with van der Waals surface area (Å²) >= 11 is 6.24. The van der Waals surface area contributed by atoms with Gasteiger partial charge in [-0.1, -0.05) is 41.9 Å². The molecule has 23 heavy (non-hydrogen) atoms. The highest BCUT2D eigenvalue weighted by molar-refractivity contribution is 6.35. The Balaban J connectivity index is 2.10. The highest BCUT2D eigenvalue weighted by Gasteiger charge is 2.15. The summed E-state index contributed by atoms with van der Waals surface area (Å²) in [7, 11) is 1.76. The zero-order chi connectivity index (χ0) is 16.8. The van der Waals surface area contributed by atoms with Crippen molar-refractivity contribution in [1.29, 1.82) is 0 Å². The van der Waals surface area contributed by atoms with Gasteiger partial charge in [0.2, 0.25) is 0 Å². The molecule has 0 bridgehead atoms. The molecule has 2 rings (SSSR count). The van der Waals surface area contributed by atoms with Crippen LogP contribution in [0.15, 0.2) is 36.4 Å². The lowest BCUT2D eigenvalue weighted by atomic mass is 10.00. The lowest BCUT2D eigenvalue weighted by molar-refractivity contribution is 0.202. The third-order valence-corrected chi connectivity index (χ3v) is 4.29. The molecule has 0 heterocycles. The van der Waals surface area contributed by atoms with Crippen LogP contribution in [0.4, 0.5) is 4.79 Å². The van der Waals surface area contributed by atoms with Crippen LogP contribution in [0.2, 0.25) is 5.02 Å². The summed E-state index contributed by atoms with van der Waals surface area (Å²) in [6.07, 6.45) is 1.49. The van der Waals surface area contributed by atoms with Gasteiger partial charge < -0.3 is 15.3 Å². The number of unbranched alkanes of at least 4 members (excludes halogenated alkanes) is 1. The number of aliphatic hydroxyl groups is 1. The van der Waals surface area contributed by atoms with E-state index in [0.717, 1.165) is 22.8 Å². The molecule has 2 aromatic rings. The SMILES string of the molecule is CC(NC(=O)N(C)CCCCO)c1ccc(Cl)c2ccccc12. The molecule has 1 atom stereocenters. The molecule has 124 valence electrons. The highest BCUT2D eigenvalue weighted by Crippen LogP contribution is 2.29. The number of carbonyl (C=O) groups excluding carboxylic acids is 1. The maximum absolute atomic E-state index is 12.3. The van der Waals surface area contributed by atoms with Crippen molar-refractivity contribution >= 4 is 28.4 Å². The number of aliphatic hydroxyl groups excluding tert-OH is 1. The van der Waals surface area contributed by atoms with E-state index in [2.05, 4.69) is 5.32 Å². The number of urea groups is 1. The number of nitrogens with zero attached hydrogens (tertiary/aromatic N) is 1. The van der Waals surface area contributed by atoms with Gasteiger partial charge >= 0.3 is 6.03 Å². The van der Waals surface area contributed by atoms with Gasteiger partial charge in [0.25, 0.3) is 0 Å². The van der Waals surface area contributed by atoms with Crippen molar-refractivity contribution in [2.75, 3.05) is 20.2 Å². The Morgan fingerprint density at radius 3 is 2.61 bits per heavy atom. The average Bonchev–Trinajstić information content (AvgIpc) is 2.55. The van der Waals surface area contributed by atoms with Crippen molar-refractivity contribution in [3.8, 4) is 0 Å². The quantitative estimate of drug-likeness (QED) is 0.785. The third kappa shape index (κ3) is 4.36. The van der Waals surface area contributed by atoms with Gasteiger partial charge in [-0.3, -0.25) is 0 Å². The minimum absolute atomic E-state index is 0.116. The van der Waals surface area contributed by atoms with Gasteiger partial charge in [-0.25, -0.2) is 4.79 Å². The molecule has 0 aliphatic carbocycles. The monoisotopic (exact) mass is 334 g/mol. The summed E-state index contributed by atoms with van der Waals surface area (Å²) in [4.78, 5) is 13.9. The van der Waals surface area contributed by atoms with Crippen LogP contribution >= 0.6 is 11.6 Å². The summed E-state index contributed by atoms with van der Waals surface area (Å²) in [5.41, 5.74) is 1.04. The van der Waals surface area contributed by atoms with Gasteiger partial charge in [-0.15, -0.1) is 0 Å². The van der Waals surface area contributed by atoms with E-state index < -0.39 is 0 Å². The Hall–Kier alpha value is -1.78. The number of benzene rings is 2. The summed E-state index contributed by atoms with van der Waals surface area (Å²) in [5, 5.41) is 14.6. The molecule has 2 N–H and O–H groups in total. The lowest BCUT2D eigenvalue weighted by Crippen LogP contribution is -2.39. The molecule has 0 radical (unpaired) electrons. The van der Waals surface area contributed by atoms with E-state index in [1.54, 1.807) is 11.9 Å². The van der Waals surface area contributed by atoms with Gasteiger partial charge in [0.05, 0.1) is 6.04 Å². The van der Waals surface area contributed by atoms with Crippen LogP contribution in [0.1, 0.15) is 31.4 Å². The number of hydrogen-bond acceptors (Lipinski definition) is 2. The smallest absolute Gasteiger partial charge is 0.317 e. The second-order valence-electron chi connectivity index (χ2n) is 5.71. The lowest BCUT2D eigenvalue weighted by Gasteiger charge is -2.22. The average molecular weight is 335 g/mol. The minimum atomic E-state index is -0.120. The summed E-state index contributed by atoms with van der Waals surface area (Å²) in [5.74, 6) is 0. The molecule has 0 saturated carbocycles. The first-order valence-electron chi connectivity index (χ1n) is 7.84. The van der Waals surface area contributed by atoms with Gasteiger partial charge in [-0.2, -0.15) is 0 Å². The summed E-state index contributed by atoms with van der Waals surface area (Å²) in [6.45, 7) is 2.75. The molecule has 2 aromatic carbocycles. The second-order valence-corrected chi connectivity index (χ2v) is 6.11. The Labute approximate surface area is 142 Å². The number of rotatable bonds is 6. The first-order chi connectivity index (χ1) is 11.0. The molecule has 4 nitrogen and oxygen atoms in total. The number of carbonyl (C=O) groups is 1. The molecule has 2 amide bonds. The summed E-state index contributed by atoms with van der Waals surface area (Å²) < 4.78 is 0. The van der Waals surface area contributed by atoms with Crippen LogP contribution in [-0.2, 0) is 0 Å². The van der Waals surface area contributed by atoms with Crippen molar-refractivity contribution in [1.82, 2.24) is 10.2 Å². The fourth-order valence-corrected chi connectivity index (χ4v) is 2.83. The fraction of sp³-hybridized carbons (Fsp3) is 0.389. The Bertz CT molecular complexity index is 675. The van der Waals surface area contributed by atoms with Gasteiger partial charge in [0, 0.05) is 30.6 Å². The van der Waals surface area contributed by atoms with E-state index in [1.165, 1.54) is 0 Å². The maximum atomic E-state index is 12.3. The largest absolute Gasteiger partial charge is 0.396 e. The molecule has 1 unspecified atom stereocenters. The molecule has 5 heteroatoms. The highest BCUT2D eigenvalue weighted by atomic mass is 35.5. The molecular formula is C18H23ClN2O2. The van der Waals surface area contributed by atoms with Crippen molar-refractivity contribution in [3.63, 3.8) is 0 Å². The van der Waals surface area contributed by atoms with E-state index in [1.807, 2.05) is 43.3 Å². The van der Waals surface area contributed by atoms with E-state index >= 15 is 0 Å². The molecule has 0 fully saturated rings. The van der Waals surface area contributed by atoms with E-state index in [0.29, 0.717) is 18.0 Å². The van der Waals surface area contributed by atoms with Crippen molar-refractivity contribution in [3.05, 3.63) is 47.0 Å². The van der Waals surface area contributed by atoms with Crippen LogP contribution < -0.4 is 5.32 Å². The Morgan fingerprint density at radius 1 is 1.22 bits per heavy atom. The maximum Gasteiger partial charge on any atom is 0.317 e. The standard InChI is InChI=1S/C18H23ClN2O2/c1-13(20-18(23)21(2)11-5-6-12-22)14-9-10-17(19)16-8-4-3-7-15(14)16/h3-4,7-10,13,22H,5-6,11-12H2,1-2H3,(H,20,23). The zero-order valence-corrected chi connectivity index (χ0v) is 14.3. The Kier molecular flexibility index (Phi) is 6.25. The Morgan fingerprint density at radius 2 is 1.91 bits per heavy atom. The first-order valence-corrected chi connectivity index (χ1v) is 8.22. The van der Waals surface area contributed by atoms with Crippen LogP contribution in [0, 0.1) is 0 Å². The fourth-order valence-electron chi connectivity index (χ4n) is 2.60. The normalized spacial score (nSPS) is 12.2. The molecule has 0 aliphatic heterocycles. The number of nitrogens with one attached hydrogen (secondary N) is 1. The molecule has 0 saturated heterocycles. The minimum Gasteiger partial charge on any atom is -0.396 e. The summed E-state index contributed by atoms with van der Waals surface area (Å²) in [6, 6.07) is 11.5. The second kappa shape index (κ2) is 8.18. The van der Waals surface area contributed by atoms with Crippen LogP contribution in [-0.4, -0.2) is 36.2 Å². The van der Waals surface area contributed by atoms with Crippen LogP contribution in [0.25, 0.3) is 10.8 Å². The third-order valence-electron chi connectivity index (χ3n) is 3.96. The van der Waals surface area contributed by atoms with Crippen molar-refractivity contribution in [2.45, 2.75) is 25.8 Å². The van der Waals surface area contributed by atoms with E-state index in [9.17, 15) is 4.79 Å². The van der Waals surface area contributed by atoms with Crippen LogP contribution in [0.5, 0.6) is 0 Å². The molecule has 0 aromatic heterocycles. The number of hydrogen-bond donors (Lipinski definition) is 2. The first kappa shape index (κ1) is 17.6. The molecule has 0 aliphatic rings. The predicted molar refractivity (Wildman–Crippen MR) is 94.9 cm³/mol. The number of halogens is 1. The van der Waals surface area contributed by atoms with Crippen molar-refractivity contribution in [2.24, 2.45) is 0 Å². The molecular weight excluding hydrogens is 312 g/mol. The van der Waals surface area contributed by atoms with E-state index in [-0.39, 0.29) is 18.7 Å². The van der Waals surface area contributed by atoms with Gasteiger partial charge in [0.1, 0.15) is 0 Å². The zero-order valence-electron chi connectivity index (χ0n) is 13.6. The topological polar surface area (TPSA) is 52.6 Å². The van der Waals surface area contributed by atoms with Crippen LogP contribution in [0.3, 0.4) is 0 Å². The number of fused-ring (bicyclic) bond motifs is 1. The number of amides is 2. The predicted octanol–water partition coefficient (Wildman–Crippen LogP) is 3.97.